The summed E-state index contributed by atoms with van der Waals surface area (Å²) in [4.78, 5) is 16.1. The van der Waals surface area contributed by atoms with Gasteiger partial charge in [0.1, 0.15) is 6.10 Å². The van der Waals surface area contributed by atoms with Crippen LogP contribution in [0.3, 0.4) is 0 Å². The van der Waals surface area contributed by atoms with Crippen molar-refractivity contribution in [1.82, 2.24) is 10.6 Å². The second kappa shape index (κ2) is 19.1. The zero-order chi connectivity index (χ0) is 26.1. The van der Waals surface area contributed by atoms with Crippen LogP contribution in [0.1, 0.15) is 128 Å². The van der Waals surface area contributed by atoms with E-state index in [1.165, 1.54) is 128 Å². The van der Waals surface area contributed by atoms with Crippen molar-refractivity contribution in [3.8, 4) is 0 Å². The predicted octanol–water partition coefficient (Wildman–Crippen LogP) is 4.93. The molecule has 4 aliphatic carbocycles. The summed E-state index contributed by atoms with van der Waals surface area (Å²) in [5.74, 6) is 0. The van der Waals surface area contributed by atoms with Gasteiger partial charge in [0, 0.05) is 24.2 Å². The molecule has 0 unspecified atom stereocenters. The van der Waals surface area contributed by atoms with Crippen LogP contribution in [0.15, 0.2) is 0 Å². The van der Waals surface area contributed by atoms with Gasteiger partial charge >= 0.3 is 7.82 Å². The summed E-state index contributed by atoms with van der Waals surface area (Å²) in [6.07, 6.45) is 27.9. The highest BCUT2D eigenvalue weighted by Crippen LogP contribution is 2.35. The Kier molecular flexibility index (Phi) is 17.0. The molecule has 0 radical (unpaired) electrons. The average molecular weight is 535 g/mol. The Morgan fingerprint density at radius 3 is 1.11 bits per heavy atom. The zero-order valence-electron chi connectivity index (χ0n) is 22.5. The van der Waals surface area contributed by atoms with Crippen LogP contribution in [-0.2, 0) is 9.09 Å². The highest BCUT2D eigenvalue weighted by atomic mass is 31.2. The number of hydrogen-bond acceptors (Lipinski definition) is 6. The Hall–Kier alpha value is -0.0500. The summed E-state index contributed by atoms with van der Waals surface area (Å²) in [5.41, 5.74) is 0. The third-order valence-electron chi connectivity index (χ3n) is 8.01. The van der Waals surface area contributed by atoms with E-state index in [0.29, 0.717) is 0 Å². The zero-order valence-corrected chi connectivity index (χ0v) is 23.4. The molecule has 0 aromatic heterocycles. The second-order valence-electron chi connectivity index (χ2n) is 11.3. The van der Waals surface area contributed by atoms with E-state index >= 15 is 0 Å². The van der Waals surface area contributed by atoms with Crippen LogP contribution in [0.4, 0.5) is 0 Å². The molecule has 4 aliphatic rings. The Bertz CT molecular complexity index is 503. The fourth-order valence-corrected chi connectivity index (χ4v) is 6.35. The van der Waals surface area contributed by atoms with Crippen molar-refractivity contribution in [1.29, 1.82) is 0 Å². The van der Waals surface area contributed by atoms with Crippen molar-refractivity contribution in [2.75, 3.05) is 13.2 Å². The predicted molar refractivity (Wildman–Crippen MR) is 145 cm³/mol. The van der Waals surface area contributed by atoms with Gasteiger partial charge in [-0.25, -0.2) is 4.57 Å². The highest BCUT2D eigenvalue weighted by Gasteiger charge is 2.20. The SMILES string of the molecule is C1CCC(NC2CCCCC2)CC1.C1CCC(NC2CCCCC2)CC1.O=P(O)(O)OC[C@H](O)CO. The van der Waals surface area contributed by atoms with E-state index in [4.69, 9.17) is 20.0 Å². The Labute approximate surface area is 219 Å². The molecular formula is C27H55N2O6P. The molecular weight excluding hydrogens is 479 g/mol. The lowest BCUT2D eigenvalue weighted by atomic mass is 9.91. The molecule has 36 heavy (non-hydrogen) atoms. The molecule has 0 heterocycles. The topological polar surface area (TPSA) is 131 Å². The molecule has 4 fully saturated rings. The summed E-state index contributed by atoms with van der Waals surface area (Å²) in [7, 11) is -4.50. The molecule has 214 valence electrons. The van der Waals surface area contributed by atoms with Gasteiger partial charge in [0.25, 0.3) is 0 Å². The van der Waals surface area contributed by atoms with E-state index in [1.54, 1.807) is 0 Å². The third-order valence-corrected chi connectivity index (χ3v) is 8.49. The first-order valence-corrected chi connectivity index (χ1v) is 16.4. The number of aliphatic hydroxyl groups excluding tert-OH is 2. The maximum absolute atomic E-state index is 9.93. The van der Waals surface area contributed by atoms with E-state index in [-0.39, 0.29) is 0 Å². The van der Waals surface area contributed by atoms with Gasteiger partial charge < -0.3 is 30.6 Å². The summed E-state index contributed by atoms with van der Waals surface area (Å²) in [5, 5.41) is 24.4. The standard InChI is InChI=1S/2C12H23N.C3H9O6P/c2*1-3-7-11(8-4-1)13-12-9-5-2-6-10-12;4-1-3(5)2-9-10(6,7)8/h2*11-13H,1-10H2;3-5H,1-2H2,(H2,6,7,8)/t;;3-/m..1/s1. The molecule has 0 amide bonds. The fourth-order valence-electron chi connectivity index (χ4n) is 5.98. The molecule has 0 saturated heterocycles. The largest absolute Gasteiger partial charge is 0.469 e. The van der Waals surface area contributed by atoms with Gasteiger partial charge in [0.15, 0.2) is 0 Å². The van der Waals surface area contributed by atoms with Gasteiger partial charge in [-0.05, 0) is 51.4 Å². The molecule has 4 rings (SSSR count). The van der Waals surface area contributed by atoms with Crippen LogP contribution in [0.5, 0.6) is 0 Å². The van der Waals surface area contributed by atoms with Crippen molar-refractivity contribution in [3.63, 3.8) is 0 Å². The van der Waals surface area contributed by atoms with Crippen LogP contribution >= 0.6 is 7.82 Å². The van der Waals surface area contributed by atoms with Crippen LogP contribution < -0.4 is 10.6 Å². The minimum Gasteiger partial charge on any atom is -0.394 e. The molecule has 0 aromatic carbocycles. The Morgan fingerprint density at radius 1 is 0.611 bits per heavy atom. The molecule has 6 N–H and O–H groups in total. The molecule has 9 heteroatoms. The van der Waals surface area contributed by atoms with E-state index in [0.717, 1.165) is 24.2 Å². The van der Waals surface area contributed by atoms with Crippen LogP contribution in [-0.4, -0.2) is 63.5 Å². The molecule has 8 nitrogen and oxygen atoms in total. The van der Waals surface area contributed by atoms with E-state index in [2.05, 4.69) is 15.2 Å². The van der Waals surface area contributed by atoms with Gasteiger partial charge in [0.05, 0.1) is 13.2 Å². The van der Waals surface area contributed by atoms with Gasteiger partial charge in [-0.3, -0.25) is 4.52 Å². The number of phosphoric acid groups is 1. The second-order valence-corrected chi connectivity index (χ2v) is 12.5. The number of nitrogens with one attached hydrogen (secondary N) is 2. The maximum Gasteiger partial charge on any atom is 0.469 e. The maximum atomic E-state index is 9.93. The first kappa shape index (κ1) is 32.2. The van der Waals surface area contributed by atoms with Gasteiger partial charge in [-0.15, -0.1) is 0 Å². The monoisotopic (exact) mass is 534 g/mol. The van der Waals surface area contributed by atoms with Crippen LogP contribution in [0.25, 0.3) is 0 Å². The van der Waals surface area contributed by atoms with Gasteiger partial charge in [0.2, 0.25) is 0 Å². The molecule has 1 atom stereocenters. The van der Waals surface area contributed by atoms with E-state index < -0.39 is 27.1 Å². The van der Waals surface area contributed by atoms with Crippen molar-refractivity contribution in [2.45, 2.75) is 159 Å². The molecule has 0 spiro atoms. The van der Waals surface area contributed by atoms with Gasteiger partial charge in [-0.1, -0.05) is 77.0 Å². The van der Waals surface area contributed by atoms with Crippen molar-refractivity contribution < 1.29 is 29.1 Å². The fraction of sp³-hybridized carbons (Fsp3) is 1.00. The summed E-state index contributed by atoms with van der Waals surface area (Å²) in [6, 6.07) is 3.49. The third kappa shape index (κ3) is 16.0. The molecule has 4 saturated carbocycles. The summed E-state index contributed by atoms with van der Waals surface area (Å²) >= 11 is 0. The smallest absolute Gasteiger partial charge is 0.394 e. The van der Waals surface area contributed by atoms with Crippen molar-refractivity contribution in [2.24, 2.45) is 0 Å². The van der Waals surface area contributed by atoms with Crippen LogP contribution in [0, 0.1) is 0 Å². The van der Waals surface area contributed by atoms with Crippen LogP contribution in [0.2, 0.25) is 0 Å². The Balaban J connectivity index is 0.000000193. The molecule has 0 aliphatic heterocycles. The first-order valence-electron chi connectivity index (χ1n) is 14.9. The average Bonchev–Trinajstić information content (AvgIpc) is 2.90. The quantitative estimate of drug-likeness (QED) is 0.242. The number of hydrogen-bond donors (Lipinski definition) is 6. The Morgan fingerprint density at radius 2 is 0.889 bits per heavy atom. The number of aliphatic hydroxyl groups is 2. The lowest BCUT2D eigenvalue weighted by molar-refractivity contribution is 0.0419. The van der Waals surface area contributed by atoms with Crippen molar-refractivity contribution in [3.05, 3.63) is 0 Å². The molecule has 0 bridgehead atoms. The van der Waals surface area contributed by atoms with E-state index in [1.807, 2.05) is 0 Å². The molecule has 0 aromatic rings. The summed E-state index contributed by atoms with van der Waals surface area (Å²) < 4.78 is 13.8. The lowest BCUT2D eigenvalue weighted by Gasteiger charge is -2.30. The normalized spacial score (nSPS) is 24.2. The summed E-state index contributed by atoms with van der Waals surface area (Å²) in [6.45, 7) is -1.15. The minimum atomic E-state index is -4.50. The first-order chi connectivity index (χ1) is 17.4. The lowest BCUT2D eigenvalue weighted by Crippen LogP contribution is -2.40. The van der Waals surface area contributed by atoms with Crippen molar-refractivity contribution >= 4 is 7.82 Å². The van der Waals surface area contributed by atoms with E-state index in [9.17, 15) is 4.57 Å². The minimum absolute atomic E-state index is 0.569. The highest BCUT2D eigenvalue weighted by molar-refractivity contribution is 7.46. The number of rotatable bonds is 8. The van der Waals surface area contributed by atoms with Gasteiger partial charge in [-0.2, -0.15) is 0 Å². The number of phosphoric ester groups is 1.